The third-order valence-corrected chi connectivity index (χ3v) is 7.49. The molecule has 0 N–H and O–H groups in total. The van der Waals surface area contributed by atoms with Crippen molar-refractivity contribution in [2.24, 2.45) is 0 Å². The number of unbranched alkanes of at least 4 members (excludes halogenated alkanes) is 4. The molecule has 0 unspecified atom stereocenters. The lowest BCUT2D eigenvalue weighted by molar-refractivity contribution is -0.122. The van der Waals surface area contributed by atoms with E-state index in [9.17, 15) is 14.9 Å². The summed E-state index contributed by atoms with van der Waals surface area (Å²) in [6, 6.07) is 2.07. The van der Waals surface area contributed by atoms with Crippen molar-refractivity contribution in [3.8, 4) is 6.07 Å². The van der Waals surface area contributed by atoms with Crippen molar-refractivity contribution >= 4 is 46.1 Å². The molecule has 0 bridgehead atoms. The highest BCUT2D eigenvalue weighted by Crippen LogP contribution is 2.36. The fraction of sp³-hybridized carbons (Fsp3) is 0.583. The molecular formula is C24H32N4O3S2. The fourth-order valence-electron chi connectivity index (χ4n) is 4.25. The van der Waals surface area contributed by atoms with Crippen LogP contribution in [0.2, 0.25) is 0 Å². The molecule has 1 amide bonds. The number of thioether (sulfide) groups is 1. The molecule has 3 rings (SSSR count). The second kappa shape index (κ2) is 11.8. The van der Waals surface area contributed by atoms with Gasteiger partial charge in [-0.3, -0.25) is 19.1 Å². The minimum atomic E-state index is -0.296. The van der Waals surface area contributed by atoms with Crippen molar-refractivity contribution in [3.05, 3.63) is 31.9 Å². The Labute approximate surface area is 205 Å². The van der Waals surface area contributed by atoms with Crippen LogP contribution in [0.3, 0.4) is 0 Å². The minimum Gasteiger partial charge on any atom is -0.378 e. The predicted molar refractivity (Wildman–Crippen MR) is 137 cm³/mol. The van der Waals surface area contributed by atoms with Crippen LogP contribution in [0.5, 0.6) is 0 Å². The van der Waals surface area contributed by atoms with Crippen LogP contribution in [0.1, 0.15) is 62.6 Å². The number of carbonyl (C=O) groups is 1. The van der Waals surface area contributed by atoms with Gasteiger partial charge in [0.2, 0.25) is 0 Å². The Morgan fingerprint density at radius 3 is 2.48 bits per heavy atom. The smallest absolute Gasteiger partial charge is 0.270 e. The first kappa shape index (κ1) is 25.5. The van der Waals surface area contributed by atoms with Crippen LogP contribution in [0.15, 0.2) is 9.70 Å². The Balaban J connectivity index is 1.99. The quantitative estimate of drug-likeness (QED) is 0.295. The summed E-state index contributed by atoms with van der Waals surface area (Å²) in [5.74, 6) is 0.646. The van der Waals surface area contributed by atoms with Crippen molar-refractivity contribution in [3.63, 3.8) is 0 Å². The summed E-state index contributed by atoms with van der Waals surface area (Å²) >= 11 is 6.81. The third kappa shape index (κ3) is 5.51. The number of hydrogen-bond acceptors (Lipinski definition) is 7. The molecule has 33 heavy (non-hydrogen) atoms. The molecule has 2 saturated heterocycles. The van der Waals surface area contributed by atoms with Gasteiger partial charge in [0.25, 0.3) is 11.5 Å². The van der Waals surface area contributed by atoms with Gasteiger partial charge >= 0.3 is 0 Å². The Bertz CT molecular complexity index is 1040. The maximum absolute atomic E-state index is 13.2. The molecule has 0 radical (unpaired) electrons. The number of thiocarbonyl (C=S) groups is 1. The van der Waals surface area contributed by atoms with Gasteiger partial charge in [0.15, 0.2) is 0 Å². The van der Waals surface area contributed by atoms with E-state index < -0.39 is 0 Å². The molecule has 7 nitrogen and oxygen atoms in total. The maximum atomic E-state index is 13.2. The van der Waals surface area contributed by atoms with E-state index in [1.165, 1.54) is 31.0 Å². The van der Waals surface area contributed by atoms with E-state index in [1.807, 2.05) is 13.0 Å². The van der Waals surface area contributed by atoms with E-state index >= 15 is 0 Å². The number of aromatic nitrogens is 1. The first-order valence-corrected chi connectivity index (χ1v) is 12.9. The molecule has 2 fully saturated rings. The van der Waals surface area contributed by atoms with Gasteiger partial charge in [-0.05, 0) is 31.9 Å². The van der Waals surface area contributed by atoms with Crippen LogP contribution >= 0.6 is 24.0 Å². The largest absolute Gasteiger partial charge is 0.378 e. The minimum absolute atomic E-state index is 0.0967. The van der Waals surface area contributed by atoms with Crippen LogP contribution in [-0.4, -0.2) is 52.5 Å². The van der Waals surface area contributed by atoms with Crippen molar-refractivity contribution in [2.45, 2.75) is 59.4 Å². The van der Waals surface area contributed by atoms with Crippen molar-refractivity contribution in [1.29, 1.82) is 5.26 Å². The predicted octanol–water partition coefficient (Wildman–Crippen LogP) is 4.06. The molecular weight excluding hydrogens is 456 g/mol. The number of nitrogens with zero attached hydrogens (tertiary/aromatic N) is 4. The lowest BCUT2D eigenvalue weighted by Gasteiger charge is -2.33. The summed E-state index contributed by atoms with van der Waals surface area (Å²) in [6.07, 6.45) is 7.38. The van der Waals surface area contributed by atoms with E-state index in [-0.39, 0.29) is 17.0 Å². The lowest BCUT2D eigenvalue weighted by atomic mass is 10.0. The molecule has 9 heteroatoms. The molecule has 0 spiro atoms. The first-order valence-electron chi connectivity index (χ1n) is 11.7. The summed E-state index contributed by atoms with van der Waals surface area (Å²) in [5.41, 5.74) is 1.15. The molecule has 0 saturated carbocycles. The molecule has 2 aliphatic rings. The van der Waals surface area contributed by atoms with Gasteiger partial charge in [-0.25, -0.2) is 0 Å². The summed E-state index contributed by atoms with van der Waals surface area (Å²) < 4.78 is 7.70. The molecule has 1 aromatic heterocycles. The number of amides is 1. The zero-order valence-electron chi connectivity index (χ0n) is 19.7. The zero-order chi connectivity index (χ0) is 24.0. The van der Waals surface area contributed by atoms with E-state index in [1.54, 1.807) is 16.4 Å². The SMILES string of the molecule is CCCCCCCN1C(=O)C(=Cc2c(C)c(C#N)c(=O)n(CC)c2N2CCOCC2)SC1=S. The Kier molecular flexibility index (Phi) is 9.12. The molecule has 0 aliphatic carbocycles. The number of morpholine rings is 1. The summed E-state index contributed by atoms with van der Waals surface area (Å²) in [4.78, 5) is 30.6. The first-order chi connectivity index (χ1) is 15.9. The van der Waals surface area contributed by atoms with Gasteiger partial charge in [-0.15, -0.1) is 0 Å². The summed E-state index contributed by atoms with van der Waals surface area (Å²) in [6.45, 7) is 9.33. The van der Waals surface area contributed by atoms with Gasteiger partial charge < -0.3 is 9.64 Å². The second-order valence-corrected chi connectivity index (χ2v) is 9.92. The van der Waals surface area contributed by atoms with Crippen LogP contribution in [0.4, 0.5) is 5.82 Å². The monoisotopic (exact) mass is 488 g/mol. The van der Waals surface area contributed by atoms with Gasteiger partial charge in [-0.1, -0.05) is 56.6 Å². The van der Waals surface area contributed by atoms with Crippen molar-refractivity contribution in [1.82, 2.24) is 9.47 Å². The highest BCUT2D eigenvalue weighted by molar-refractivity contribution is 8.26. The molecule has 3 heterocycles. The number of anilines is 1. The Hall–Kier alpha value is -2.15. The van der Waals surface area contributed by atoms with Gasteiger partial charge in [0, 0.05) is 31.7 Å². The van der Waals surface area contributed by atoms with Gasteiger partial charge in [-0.2, -0.15) is 5.26 Å². The zero-order valence-corrected chi connectivity index (χ0v) is 21.3. The fourth-order valence-corrected chi connectivity index (χ4v) is 5.54. The number of hydrogen-bond donors (Lipinski definition) is 0. The van der Waals surface area contributed by atoms with E-state index in [0.29, 0.717) is 54.2 Å². The highest BCUT2D eigenvalue weighted by atomic mass is 32.2. The van der Waals surface area contributed by atoms with Crippen LogP contribution in [-0.2, 0) is 16.1 Å². The number of pyridine rings is 1. The highest BCUT2D eigenvalue weighted by Gasteiger charge is 2.33. The van der Waals surface area contributed by atoms with Crippen molar-refractivity contribution < 1.29 is 9.53 Å². The van der Waals surface area contributed by atoms with Crippen LogP contribution in [0.25, 0.3) is 6.08 Å². The van der Waals surface area contributed by atoms with Crippen LogP contribution in [0, 0.1) is 18.3 Å². The number of ether oxygens (including phenoxy) is 1. The summed E-state index contributed by atoms with van der Waals surface area (Å²) in [5, 5.41) is 9.68. The van der Waals surface area contributed by atoms with E-state index in [0.717, 1.165) is 24.2 Å². The van der Waals surface area contributed by atoms with Gasteiger partial charge in [0.05, 0.1) is 18.1 Å². The standard InChI is InChI=1S/C24H32N4O3S2/c1-4-6-7-8-9-10-28-23(30)20(33-24(28)32)15-18-17(3)19(16-25)22(29)27(5-2)21(18)26-11-13-31-14-12-26/h15H,4-14H2,1-3H3. The number of carbonyl (C=O) groups excluding carboxylic acids is 1. The second-order valence-electron chi connectivity index (χ2n) is 8.25. The van der Waals surface area contributed by atoms with Crippen molar-refractivity contribution in [2.75, 3.05) is 37.7 Å². The lowest BCUT2D eigenvalue weighted by Crippen LogP contribution is -2.41. The summed E-state index contributed by atoms with van der Waals surface area (Å²) in [7, 11) is 0. The average molecular weight is 489 g/mol. The molecule has 178 valence electrons. The Morgan fingerprint density at radius 2 is 1.85 bits per heavy atom. The van der Waals surface area contributed by atoms with Gasteiger partial charge in [0.1, 0.15) is 21.8 Å². The topological polar surface area (TPSA) is 78.6 Å². The molecule has 0 atom stereocenters. The number of nitriles is 1. The normalized spacial score (nSPS) is 17.8. The van der Waals surface area contributed by atoms with Crippen LogP contribution < -0.4 is 10.5 Å². The molecule has 2 aliphatic heterocycles. The Morgan fingerprint density at radius 1 is 1.15 bits per heavy atom. The molecule has 0 aromatic carbocycles. The third-order valence-electron chi connectivity index (χ3n) is 6.11. The number of rotatable bonds is 9. The van der Waals surface area contributed by atoms with E-state index in [2.05, 4.69) is 17.9 Å². The molecule has 1 aromatic rings. The maximum Gasteiger partial charge on any atom is 0.270 e. The van der Waals surface area contributed by atoms with E-state index in [4.69, 9.17) is 17.0 Å². The average Bonchev–Trinajstić information content (AvgIpc) is 3.08.